The van der Waals surface area contributed by atoms with Crippen molar-refractivity contribution in [1.29, 1.82) is 0 Å². The quantitative estimate of drug-likeness (QED) is 0.597. The number of hydrogen-bond donors (Lipinski definition) is 1. The second-order valence-electron chi connectivity index (χ2n) is 5.65. The number of anilines is 1. The zero-order valence-electron chi connectivity index (χ0n) is 13.6. The molecule has 0 saturated heterocycles. The number of benzene rings is 2. The van der Waals surface area contributed by atoms with Gasteiger partial charge in [-0.05, 0) is 38.1 Å². The van der Waals surface area contributed by atoms with Gasteiger partial charge in [0.1, 0.15) is 5.69 Å². The molecule has 0 aromatic heterocycles. The molecule has 1 amide bonds. The van der Waals surface area contributed by atoms with E-state index in [4.69, 9.17) is 0 Å². The van der Waals surface area contributed by atoms with Crippen LogP contribution in [0.3, 0.4) is 0 Å². The molecule has 0 saturated carbocycles. The summed E-state index contributed by atoms with van der Waals surface area (Å²) in [6.07, 6.45) is 1.90. The van der Waals surface area contributed by atoms with Crippen molar-refractivity contribution < 1.29 is 9.72 Å². The number of aryl methyl sites for hydroxylation is 1. The predicted octanol–water partition coefficient (Wildman–Crippen LogP) is 3.10. The van der Waals surface area contributed by atoms with E-state index < -0.39 is 4.92 Å². The molecule has 0 spiro atoms. The van der Waals surface area contributed by atoms with E-state index in [1.165, 1.54) is 17.7 Å². The third kappa shape index (κ3) is 5.48. The van der Waals surface area contributed by atoms with Crippen LogP contribution in [0.1, 0.15) is 12.0 Å². The van der Waals surface area contributed by atoms with Crippen LogP contribution in [0, 0.1) is 10.1 Å². The van der Waals surface area contributed by atoms with Crippen LogP contribution in [0.5, 0.6) is 0 Å². The molecule has 126 valence electrons. The third-order valence-corrected chi connectivity index (χ3v) is 3.64. The minimum atomic E-state index is -0.501. The van der Waals surface area contributed by atoms with Gasteiger partial charge in [0, 0.05) is 6.07 Å². The molecule has 0 radical (unpaired) electrons. The Morgan fingerprint density at radius 2 is 1.79 bits per heavy atom. The smallest absolute Gasteiger partial charge is 0.292 e. The van der Waals surface area contributed by atoms with Gasteiger partial charge >= 0.3 is 0 Å². The Balaban J connectivity index is 1.78. The van der Waals surface area contributed by atoms with Gasteiger partial charge in [-0.1, -0.05) is 42.5 Å². The van der Waals surface area contributed by atoms with E-state index in [0.29, 0.717) is 0 Å². The molecule has 0 bridgehead atoms. The third-order valence-electron chi connectivity index (χ3n) is 3.64. The summed E-state index contributed by atoms with van der Waals surface area (Å²) in [6.45, 7) is 0.972. The van der Waals surface area contributed by atoms with Gasteiger partial charge < -0.3 is 5.32 Å². The Hall–Kier alpha value is -2.73. The zero-order valence-corrected chi connectivity index (χ0v) is 13.6. The summed E-state index contributed by atoms with van der Waals surface area (Å²) < 4.78 is 0. The summed E-state index contributed by atoms with van der Waals surface area (Å²) in [5, 5.41) is 13.6. The van der Waals surface area contributed by atoms with Gasteiger partial charge in [-0.2, -0.15) is 0 Å². The lowest BCUT2D eigenvalue weighted by atomic mass is 10.1. The van der Waals surface area contributed by atoms with Gasteiger partial charge in [-0.25, -0.2) is 0 Å². The molecule has 2 aromatic carbocycles. The van der Waals surface area contributed by atoms with Crippen molar-refractivity contribution in [2.75, 3.05) is 25.5 Å². The number of rotatable bonds is 8. The average Bonchev–Trinajstić information content (AvgIpc) is 2.56. The first-order valence-electron chi connectivity index (χ1n) is 7.82. The molecule has 0 fully saturated rings. The van der Waals surface area contributed by atoms with Crippen molar-refractivity contribution in [3.63, 3.8) is 0 Å². The van der Waals surface area contributed by atoms with Crippen LogP contribution < -0.4 is 5.32 Å². The number of carbonyl (C=O) groups is 1. The highest BCUT2D eigenvalue weighted by molar-refractivity contribution is 5.94. The van der Waals surface area contributed by atoms with E-state index in [1.807, 2.05) is 30.1 Å². The average molecular weight is 327 g/mol. The molecule has 24 heavy (non-hydrogen) atoms. The standard InChI is InChI=1S/C18H21N3O3/c1-20(13-7-10-15-8-3-2-4-9-15)14-18(22)19-16-11-5-6-12-17(16)21(23)24/h2-6,8-9,11-12H,7,10,13-14H2,1H3,(H,19,22). The van der Waals surface area contributed by atoms with Crippen LogP contribution in [0.15, 0.2) is 54.6 Å². The molecule has 6 heteroatoms. The molecule has 2 aromatic rings. The second kappa shape index (κ2) is 8.79. The maximum absolute atomic E-state index is 12.1. The summed E-state index contributed by atoms with van der Waals surface area (Å²) in [4.78, 5) is 24.4. The fourth-order valence-corrected chi connectivity index (χ4v) is 2.45. The van der Waals surface area contributed by atoms with Crippen molar-refractivity contribution >= 4 is 17.3 Å². The summed E-state index contributed by atoms with van der Waals surface area (Å²) in [5.74, 6) is -0.258. The van der Waals surface area contributed by atoms with Gasteiger partial charge in [0.25, 0.3) is 5.69 Å². The first kappa shape index (κ1) is 17.6. The molecular weight excluding hydrogens is 306 g/mol. The molecule has 0 heterocycles. The Morgan fingerprint density at radius 3 is 2.50 bits per heavy atom. The van der Waals surface area contributed by atoms with Gasteiger partial charge in [-0.3, -0.25) is 19.8 Å². The van der Waals surface area contributed by atoms with Gasteiger partial charge in [0.2, 0.25) is 5.91 Å². The van der Waals surface area contributed by atoms with Crippen molar-refractivity contribution in [2.24, 2.45) is 0 Å². The predicted molar refractivity (Wildman–Crippen MR) is 94.0 cm³/mol. The van der Waals surface area contributed by atoms with Gasteiger partial charge in [-0.15, -0.1) is 0 Å². The lowest BCUT2D eigenvalue weighted by Crippen LogP contribution is -2.31. The van der Waals surface area contributed by atoms with Crippen molar-refractivity contribution in [1.82, 2.24) is 4.90 Å². The zero-order chi connectivity index (χ0) is 17.4. The molecule has 1 N–H and O–H groups in total. The van der Waals surface area contributed by atoms with Gasteiger partial charge in [0.15, 0.2) is 0 Å². The van der Waals surface area contributed by atoms with Crippen molar-refractivity contribution in [3.8, 4) is 0 Å². The molecule has 2 rings (SSSR count). The number of nitro groups is 1. The minimum absolute atomic E-state index is 0.0995. The summed E-state index contributed by atoms with van der Waals surface area (Å²) >= 11 is 0. The number of likely N-dealkylation sites (N-methyl/N-ethyl adjacent to an activating group) is 1. The van der Waals surface area contributed by atoms with Crippen LogP contribution in [-0.2, 0) is 11.2 Å². The highest BCUT2D eigenvalue weighted by Crippen LogP contribution is 2.22. The summed E-state index contributed by atoms with van der Waals surface area (Å²) in [7, 11) is 1.87. The van der Waals surface area contributed by atoms with E-state index in [0.717, 1.165) is 19.4 Å². The number of amides is 1. The van der Waals surface area contributed by atoms with Crippen LogP contribution in [-0.4, -0.2) is 35.9 Å². The van der Waals surface area contributed by atoms with Crippen molar-refractivity contribution in [3.05, 3.63) is 70.3 Å². The van der Waals surface area contributed by atoms with Crippen LogP contribution in [0.4, 0.5) is 11.4 Å². The van der Waals surface area contributed by atoms with E-state index >= 15 is 0 Å². The topological polar surface area (TPSA) is 75.5 Å². The Morgan fingerprint density at radius 1 is 1.12 bits per heavy atom. The molecule has 0 aliphatic rings. The first-order chi connectivity index (χ1) is 11.6. The van der Waals surface area contributed by atoms with Crippen LogP contribution in [0.2, 0.25) is 0 Å². The largest absolute Gasteiger partial charge is 0.319 e. The molecule has 0 aliphatic carbocycles. The SMILES string of the molecule is CN(CCCc1ccccc1)CC(=O)Nc1ccccc1[N+](=O)[O-]. The molecule has 0 atom stereocenters. The Bertz CT molecular complexity index is 689. The van der Waals surface area contributed by atoms with Crippen LogP contribution >= 0.6 is 0 Å². The minimum Gasteiger partial charge on any atom is -0.319 e. The maximum atomic E-state index is 12.1. The second-order valence-corrected chi connectivity index (χ2v) is 5.65. The van der Waals surface area contributed by atoms with E-state index in [2.05, 4.69) is 17.4 Å². The monoisotopic (exact) mass is 327 g/mol. The lowest BCUT2D eigenvalue weighted by Gasteiger charge is -2.16. The van der Waals surface area contributed by atoms with Gasteiger partial charge in [0.05, 0.1) is 11.5 Å². The summed E-state index contributed by atoms with van der Waals surface area (Å²) in [6, 6.07) is 16.3. The first-order valence-corrected chi connectivity index (χ1v) is 7.82. The molecule has 0 unspecified atom stereocenters. The van der Waals surface area contributed by atoms with E-state index in [-0.39, 0.29) is 23.8 Å². The van der Waals surface area contributed by atoms with E-state index in [1.54, 1.807) is 12.1 Å². The fraction of sp³-hybridized carbons (Fsp3) is 0.278. The number of nitro benzene ring substituents is 1. The normalized spacial score (nSPS) is 10.6. The number of carbonyl (C=O) groups excluding carboxylic acids is 1. The number of nitrogens with one attached hydrogen (secondary N) is 1. The van der Waals surface area contributed by atoms with Crippen LogP contribution in [0.25, 0.3) is 0 Å². The number of nitrogens with zero attached hydrogens (tertiary/aromatic N) is 2. The Kier molecular flexibility index (Phi) is 6.45. The summed E-state index contributed by atoms with van der Waals surface area (Å²) in [5.41, 5.74) is 1.40. The molecule has 6 nitrogen and oxygen atoms in total. The Labute approximate surface area is 141 Å². The number of para-hydroxylation sites is 2. The maximum Gasteiger partial charge on any atom is 0.292 e. The number of hydrogen-bond acceptors (Lipinski definition) is 4. The van der Waals surface area contributed by atoms with E-state index in [9.17, 15) is 14.9 Å². The van der Waals surface area contributed by atoms with Crippen molar-refractivity contribution in [2.45, 2.75) is 12.8 Å². The highest BCUT2D eigenvalue weighted by Gasteiger charge is 2.15. The fourth-order valence-electron chi connectivity index (χ4n) is 2.45. The molecule has 0 aliphatic heterocycles. The lowest BCUT2D eigenvalue weighted by molar-refractivity contribution is -0.383. The highest BCUT2D eigenvalue weighted by atomic mass is 16.6. The molecular formula is C18H21N3O3.